The van der Waals surface area contributed by atoms with Crippen molar-refractivity contribution in [1.29, 1.82) is 0 Å². The Bertz CT molecular complexity index is 637. The van der Waals surface area contributed by atoms with Crippen LogP contribution >= 0.6 is 11.3 Å². The van der Waals surface area contributed by atoms with E-state index in [1.54, 1.807) is 6.26 Å². The van der Waals surface area contributed by atoms with Crippen LogP contribution in [0.4, 0.5) is 5.69 Å². The van der Waals surface area contributed by atoms with Crippen LogP contribution in [-0.4, -0.2) is 28.2 Å². The van der Waals surface area contributed by atoms with E-state index in [0.717, 1.165) is 10.1 Å². The number of benzene rings is 1. The first kappa shape index (κ1) is 14.0. The number of carbonyl (C=O) groups is 1. The van der Waals surface area contributed by atoms with Gasteiger partial charge in [0.25, 0.3) is 5.91 Å². The fourth-order valence-electron chi connectivity index (χ4n) is 1.92. The molecule has 3 N–H and O–H groups in total. The highest BCUT2D eigenvalue weighted by atomic mass is 32.2. The number of thiophene rings is 1. The quantitative estimate of drug-likeness (QED) is 0.906. The Balaban J connectivity index is 2.22. The third kappa shape index (κ3) is 3.13. The Morgan fingerprint density at radius 1 is 1.47 bits per heavy atom. The predicted molar refractivity (Wildman–Crippen MR) is 82.1 cm³/mol. The molecule has 0 radical (unpaired) electrons. The highest BCUT2D eigenvalue weighted by Gasteiger charge is 2.17. The normalized spacial score (nSPS) is 14.2. The fourth-order valence-corrected chi connectivity index (χ4v) is 3.73. The summed E-state index contributed by atoms with van der Waals surface area (Å²) in [5.41, 5.74) is 6.52. The largest absolute Gasteiger partial charge is 0.397 e. The minimum Gasteiger partial charge on any atom is -0.397 e. The Morgan fingerprint density at radius 3 is 2.79 bits per heavy atom. The smallest absolute Gasteiger partial charge is 0.263 e. The first-order valence-corrected chi connectivity index (χ1v) is 8.41. The molecule has 0 saturated carbocycles. The molecule has 0 aliphatic heterocycles. The molecule has 1 aromatic carbocycles. The Hall–Kier alpha value is -1.40. The number of nitrogens with one attached hydrogen (secondary N) is 1. The summed E-state index contributed by atoms with van der Waals surface area (Å²) in [4.78, 5) is 12.7. The minimum absolute atomic E-state index is 0.136. The van der Waals surface area contributed by atoms with Crippen molar-refractivity contribution in [2.24, 2.45) is 0 Å². The lowest BCUT2D eigenvalue weighted by Crippen LogP contribution is -2.36. The second-order valence-electron chi connectivity index (χ2n) is 4.46. The summed E-state index contributed by atoms with van der Waals surface area (Å²) in [6.07, 6.45) is 1.62. The van der Waals surface area contributed by atoms with Gasteiger partial charge in [-0.1, -0.05) is 18.2 Å². The van der Waals surface area contributed by atoms with Gasteiger partial charge in [0.1, 0.15) is 4.88 Å². The van der Waals surface area contributed by atoms with Crippen LogP contribution in [0.25, 0.3) is 10.1 Å². The van der Waals surface area contributed by atoms with Crippen molar-refractivity contribution in [1.82, 2.24) is 5.32 Å². The second kappa shape index (κ2) is 5.71. The van der Waals surface area contributed by atoms with Crippen LogP contribution in [0.5, 0.6) is 0 Å². The zero-order valence-electron chi connectivity index (χ0n) is 10.8. The Morgan fingerprint density at radius 2 is 2.16 bits per heavy atom. The predicted octanol–water partition coefficient (Wildman–Crippen LogP) is 1.98. The van der Waals surface area contributed by atoms with E-state index in [9.17, 15) is 9.00 Å². The molecule has 2 aromatic rings. The lowest BCUT2D eigenvalue weighted by atomic mass is 10.2. The van der Waals surface area contributed by atoms with Crippen LogP contribution in [0.1, 0.15) is 16.6 Å². The molecule has 102 valence electrons. The highest BCUT2D eigenvalue weighted by molar-refractivity contribution is 7.84. The van der Waals surface area contributed by atoms with Crippen molar-refractivity contribution >= 4 is 43.8 Å². The highest BCUT2D eigenvalue weighted by Crippen LogP contribution is 2.33. The molecule has 6 heteroatoms. The molecule has 0 bridgehead atoms. The summed E-state index contributed by atoms with van der Waals surface area (Å²) >= 11 is 1.38. The summed E-state index contributed by atoms with van der Waals surface area (Å²) in [5, 5.41) is 3.73. The van der Waals surface area contributed by atoms with Crippen molar-refractivity contribution in [2.75, 3.05) is 17.7 Å². The van der Waals surface area contributed by atoms with Gasteiger partial charge in [0, 0.05) is 38.9 Å². The molecule has 19 heavy (non-hydrogen) atoms. The summed E-state index contributed by atoms with van der Waals surface area (Å²) < 4.78 is 12.1. The Kier molecular flexibility index (Phi) is 4.21. The number of hydrogen-bond donors (Lipinski definition) is 2. The molecule has 0 aliphatic carbocycles. The molecule has 0 spiro atoms. The number of carbonyl (C=O) groups excluding carboxylic acids is 1. The van der Waals surface area contributed by atoms with Gasteiger partial charge in [0.05, 0.1) is 5.69 Å². The average molecular weight is 296 g/mol. The van der Waals surface area contributed by atoms with Crippen LogP contribution in [0, 0.1) is 0 Å². The van der Waals surface area contributed by atoms with Crippen molar-refractivity contribution in [3.63, 3.8) is 0 Å². The van der Waals surface area contributed by atoms with Crippen molar-refractivity contribution in [3.8, 4) is 0 Å². The number of fused-ring (bicyclic) bond motifs is 1. The van der Waals surface area contributed by atoms with Gasteiger partial charge in [0.2, 0.25) is 0 Å². The van der Waals surface area contributed by atoms with Gasteiger partial charge in [-0.25, -0.2) is 0 Å². The van der Waals surface area contributed by atoms with E-state index in [4.69, 9.17) is 5.73 Å². The molecule has 2 rings (SSSR count). The lowest BCUT2D eigenvalue weighted by molar-refractivity contribution is 0.0948. The number of nitrogens with two attached hydrogens (primary N) is 1. The van der Waals surface area contributed by atoms with E-state index in [1.165, 1.54) is 11.3 Å². The van der Waals surface area contributed by atoms with Crippen LogP contribution in [0.15, 0.2) is 24.3 Å². The maximum absolute atomic E-state index is 12.1. The molecule has 0 fully saturated rings. The summed E-state index contributed by atoms with van der Waals surface area (Å²) in [6, 6.07) is 7.53. The van der Waals surface area contributed by atoms with Crippen LogP contribution in [0.3, 0.4) is 0 Å². The van der Waals surface area contributed by atoms with Gasteiger partial charge in [0.15, 0.2) is 0 Å². The minimum atomic E-state index is -0.931. The summed E-state index contributed by atoms with van der Waals surface area (Å²) in [5.74, 6) is 0.243. The third-order valence-electron chi connectivity index (χ3n) is 2.70. The van der Waals surface area contributed by atoms with Gasteiger partial charge < -0.3 is 11.1 Å². The molecule has 1 aromatic heterocycles. The van der Waals surface area contributed by atoms with E-state index < -0.39 is 10.8 Å². The van der Waals surface area contributed by atoms with Crippen molar-refractivity contribution in [3.05, 3.63) is 29.1 Å². The van der Waals surface area contributed by atoms with Crippen LogP contribution in [0.2, 0.25) is 0 Å². The van der Waals surface area contributed by atoms with Gasteiger partial charge in [-0.15, -0.1) is 11.3 Å². The van der Waals surface area contributed by atoms with Crippen LogP contribution < -0.4 is 11.1 Å². The van der Waals surface area contributed by atoms with Crippen molar-refractivity contribution in [2.45, 2.75) is 13.0 Å². The topological polar surface area (TPSA) is 72.2 Å². The first-order chi connectivity index (χ1) is 8.99. The number of amides is 1. The number of nitrogen functional groups attached to an aromatic ring is 1. The van der Waals surface area contributed by atoms with Crippen LogP contribution in [-0.2, 0) is 10.8 Å². The number of rotatable bonds is 4. The van der Waals surface area contributed by atoms with Gasteiger partial charge >= 0.3 is 0 Å². The zero-order chi connectivity index (χ0) is 14.0. The van der Waals surface area contributed by atoms with E-state index >= 15 is 0 Å². The van der Waals surface area contributed by atoms with E-state index in [2.05, 4.69) is 5.32 Å². The maximum atomic E-state index is 12.1. The number of anilines is 1. The zero-order valence-corrected chi connectivity index (χ0v) is 12.4. The first-order valence-electron chi connectivity index (χ1n) is 5.87. The third-order valence-corrected chi connectivity index (χ3v) is 4.86. The number of hydrogen-bond acceptors (Lipinski definition) is 4. The monoisotopic (exact) mass is 296 g/mol. The second-order valence-corrected chi connectivity index (χ2v) is 6.99. The van der Waals surface area contributed by atoms with Crippen molar-refractivity contribution < 1.29 is 9.00 Å². The van der Waals surface area contributed by atoms with E-state index in [0.29, 0.717) is 16.3 Å². The van der Waals surface area contributed by atoms with Gasteiger partial charge in [-0.3, -0.25) is 9.00 Å². The maximum Gasteiger partial charge on any atom is 0.263 e. The van der Waals surface area contributed by atoms with E-state index in [-0.39, 0.29) is 11.9 Å². The Labute approximate surface area is 118 Å². The average Bonchev–Trinajstić information content (AvgIpc) is 2.66. The molecule has 0 aliphatic rings. The summed E-state index contributed by atoms with van der Waals surface area (Å²) in [6.45, 7) is 1.84. The molecular weight excluding hydrogens is 280 g/mol. The molecule has 1 amide bonds. The fraction of sp³-hybridized carbons (Fsp3) is 0.308. The summed E-state index contributed by atoms with van der Waals surface area (Å²) in [7, 11) is -0.931. The SMILES string of the molecule is CC(CS(C)=O)NC(=O)c1sc2ccccc2c1N. The van der Waals surface area contributed by atoms with Gasteiger partial charge in [-0.2, -0.15) is 0 Å². The molecule has 4 nitrogen and oxygen atoms in total. The lowest BCUT2D eigenvalue weighted by Gasteiger charge is -2.11. The molecule has 0 saturated heterocycles. The molecule has 2 unspecified atom stereocenters. The van der Waals surface area contributed by atoms with Gasteiger partial charge in [-0.05, 0) is 13.0 Å². The molecule has 2 atom stereocenters. The molecule has 1 heterocycles. The standard InChI is InChI=1S/C13H16N2O2S2/c1-8(7-19(2)17)15-13(16)12-11(14)9-5-3-4-6-10(9)18-12/h3-6,8H,7,14H2,1-2H3,(H,15,16). The molecular formula is C13H16N2O2S2. The van der Waals surface area contributed by atoms with E-state index in [1.807, 2.05) is 31.2 Å².